The molecule has 1 aliphatic carbocycles. The molecular formula is C23H20BrFN4O3. The van der Waals surface area contributed by atoms with E-state index in [1.807, 2.05) is 0 Å². The smallest absolute Gasteiger partial charge is 0.305 e. The van der Waals surface area contributed by atoms with Gasteiger partial charge < -0.3 is 4.42 Å². The molecule has 164 valence electrons. The number of benzene rings is 2. The monoisotopic (exact) mass is 498 g/mol. The molecule has 0 radical (unpaired) electrons. The van der Waals surface area contributed by atoms with Gasteiger partial charge in [0, 0.05) is 22.0 Å². The van der Waals surface area contributed by atoms with Gasteiger partial charge in [-0.05, 0) is 72.1 Å². The quantitative estimate of drug-likeness (QED) is 0.453. The van der Waals surface area contributed by atoms with Crippen molar-refractivity contribution in [2.24, 2.45) is 5.10 Å². The van der Waals surface area contributed by atoms with E-state index in [-0.39, 0.29) is 11.6 Å². The van der Waals surface area contributed by atoms with E-state index in [4.69, 9.17) is 4.42 Å². The molecule has 0 fully saturated rings. The third-order valence-corrected chi connectivity index (χ3v) is 5.80. The van der Waals surface area contributed by atoms with Crippen LogP contribution in [0.25, 0.3) is 0 Å². The molecule has 32 heavy (non-hydrogen) atoms. The minimum atomic E-state index is -0.553. The van der Waals surface area contributed by atoms with Crippen molar-refractivity contribution < 1.29 is 18.4 Å². The molecular weight excluding hydrogens is 479 g/mol. The summed E-state index contributed by atoms with van der Waals surface area (Å²) in [6.45, 7) is 1.78. The first-order valence-corrected chi connectivity index (χ1v) is 10.8. The first-order valence-electron chi connectivity index (χ1n) is 10.00. The molecule has 1 heterocycles. The lowest BCUT2D eigenvalue weighted by Gasteiger charge is -2.13. The summed E-state index contributed by atoms with van der Waals surface area (Å²) in [5.74, 6) is -0.528. The predicted molar refractivity (Wildman–Crippen MR) is 122 cm³/mol. The van der Waals surface area contributed by atoms with Crippen molar-refractivity contribution in [2.45, 2.75) is 26.2 Å². The number of halogens is 2. The summed E-state index contributed by atoms with van der Waals surface area (Å²) < 4.78 is 19.5. The fraction of sp³-hybridized carbons (Fsp3) is 0.174. The fourth-order valence-corrected chi connectivity index (χ4v) is 4.00. The zero-order valence-electron chi connectivity index (χ0n) is 17.2. The van der Waals surface area contributed by atoms with Crippen LogP contribution in [-0.2, 0) is 6.42 Å². The maximum Gasteiger partial charge on any atom is 0.305 e. The molecule has 9 heteroatoms. The number of fused-ring (bicyclic) bond motifs is 1. The van der Waals surface area contributed by atoms with Gasteiger partial charge in [0.05, 0.1) is 17.0 Å². The topological polar surface area (TPSA) is 95.7 Å². The molecule has 3 aromatic rings. The highest BCUT2D eigenvalue weighted by molar-refractivity contribution is 9.10. The number of rotatable bonds is 4. The van der Waals surface area contributed by atoms with E-state index < -0.39 is 11.8 Å². The van der Waals surface area contributed by atoms with Crippen LogP contribution in [0.5, 0.6) is 0 Å². The second kappa shape index (κ2) is 9.35. The van der Waals surface area contributed by atoms with Crippen LogP contribution in [0.15, 0.2) is 62.5 Å². The van der Waals surface area contributed by atoms with Gasteiger partial charge in [-0.2, -0.15) is 5.10 Å². The zero-order valence-corrected chi connectivity index (χ0v) is 18.8. The number of carbonyl (C=O) groups is 2. The molecule has 0 atom stereocenters. The van der Waals surface area contributed by atoms with Gasteiger partial charge in [-0.15, -0.1) is 0 Å². The van der Waals surface area contributed by atoms with Crippen molar-refractivity contribution in [3.63, 3.8) is 0 Å². The van der Waals surface area contributed by atoms with E-state index in [2.05, 4.69) is 37.3 Å². The normalized spacial score (nSPS) is 14.0. The number of furan rings is 1. The summed E-state index contributed by atoms with van der Waals surface area (Å²) in [7, 11) is 0. The second-order valence-corrected chi connectivity index (χ2v) is 8.13. The van der Waals surface area contributed by atoms with Crippen molar-refractivity contribution in [3.8, 4) is 0 Å². The van der Waals surface area contributed by atoms with Crippen LogP contribution in [0, 0.1) is 12.7 Å². The third-order valence-electron chi connectivity index (χ3n) is 5.10. The Kier molecular flexibility index (Phi) is 6.36. The Bertz CT molecular complexity index is 1200. The van der Waals surface area contributed by atoms with Gasteiger partial charge in [0.25, 0.3) is 5.91 Å². The molecule has 0 bridgehead atoms. The summed E-state index contributed by atoms with van der Waals surface area (Å²) in [5.41, 5.74) is 11.0. The largest absolute Gasteiger partial charge is 0.455 e. The maximum atomic E-state index is 13.1. The van der Waals surface area contributed by atoms with E-state index in [9.17, 15) is 14.0 Å². The predicted octanol–water partition coefficient (Wildman–Crippen LogP) is 4.72. The molecule has 4 rings (SSSR count). The summed E-state index contributed by atoms with van der Waals surface area (Å²) in [4.78, 5) is 25.0. The zero-order chi connectivity index (χ0) is 22.7. The Morgan fingerprint density at radius 3 is 2.50 bits per heavy atom. The SMILES string of the molecule is Cc1c(C(=O)NNC(=O)c2ccccc2Br)oc2c1/C(=N/Nc1ccc(F)cc1)CCC2. The van der Waals surface area contributed by atoms with Crippen molar-refractivity contribution in [1.29, 1.82) is 0 Å². The Labute approximate surface area is 192 Å². The Balaban J connectivity index is 1.50. The molecule has 0 spiro atoms. The molecule has 0 saturated heterocycles. The van der Waals surface area contributed by atoms with E-state index in [1.54, 1.807) is 43.3 Å². The molecule has 1 aromatic heterocycles. The molecule has 7 nitrogen and oxygen atoms in total. The van der Waals surface area contributed by atoms with Gasteiger partial charge in [0.15, 0.2) is 5.76 Å². The third kappa shape index (κ3) is 4.57. The molecule has 0 unspecified atom stereocenters. The molecule has 2 aromatic carbocycles. The highest BCUT2D eigenvalue weighted by Crippen LogP contribution is 2.30. The maximum absolute atomic E-state index is 13.1. The van der Waals surface area contributed by atoms with Crippen LogP contribution in [0.1, 0.15) is 50.6 Å². The van der Waals surface area contributed by atoms with Gasteiger partial charge >= 0.3 is 5.91 Å². The second-order valence-electron chi connectivity index (χ2n) is 7.27. The fourth-order valence-electron chi connectivity index (χ4n) is 3.54. The molecule has 0 saturated carbocycles. The summed E-state index contributed by atoms with van der Waals surface area (Å²) >= 11 is 3.31. The summed E-state index contributed by atoms with van der Waals surface area (Å²) in [6, 6.07) is 12.8. The lowest BCUT2D eigenvalue weighted by atomic mass is 9.93. The average Bonchev–Trinajstić information content (AvgIpc) is 3.14. The van der Waals surface area contributed by atoms with Crippen LogP contribution >= 0.6 is 15.9 Å². The Morgan fingerprint density at radius 2 is 1.75 bits per heavy atom. The van der Waals surface area contributed by atoms with Crippen molar-refractivity contribution in [2.75, 3.05) is 5.43 Å². The number of nitrogens with zero attached hydrogens (tertiary/aromatic N) is 1. The van der Waals surface area contributed by atoms with E-state index in [1.165, 1.54) is 12.1 Å². The van der Waals surface area contributed by atoms with Crippen LogP contribution in [0.3, 0.4) is 0 Å². The average molecular weight is 499 g/mol. The number of hydrogen-bond donors (Lipinski definition) is 3. The minimum absolute atomic E-state index is 0.124. The standard InChI is InChI=1S/C23H20BrFN4O3/c1-13-20-18(27-26-15-11-9-14(25)10-12-15)7-4-8-19(20)32-21(13)23(31)29-28-22(30)16-5-2-3-6-17(16)24/h2-3,5-6,9-12,26H,4,7-8H2,1H3,(H,28,30)(H,29,31)/b27-18+. The number of amides is 2. The van der Waals surface area contributed by atoms with E-state index in [0.717, 1.165) is 17.7 Å². The molecule has 1 aliphatic rings. The Hall–Kier alpha value is -3.46. The number of hydrazone groups is 1. The van der Waals surface area contributed by atoms with Crippen molar-refractivity contribution in [1.82, 2.24) is 10.9 Å². The number of anilines is 1. The van der Waals surface area contributed by atoms with Gasteiger partial charge in [0.1, 0.15) is 11.6 Å². The van der Waals surface area contributed by atoms with E-state index in [0.29, 0.717) is 39.9 Å². The molecule has 0 aliphatic heterocycles. The number of hydrazine groups is 1. The van der Waals surface area contributed by atoms with Crippen LogP contribution in [0.4, 0.5) is 10.1 Å². The lowest BCUT2D eigenvalue weighted by Crippen LogP contribution is -2.41. The highest BCUT2D eigenvalue weighted by Gasteiger charge is 2.28. The Morgan fingerprint density at radius 1 is 1.03 bits per heavy atom. The number of hydrogen-bond acceptors (Lipinski definition) is 5. The number of aryl methyl sites for hydroxylation is 1. The van der Waals surface area contributed by atoms with Crippen molar-refractivity contribution in [3.05, 3.63) is 87.0 Å². The van der Waals surface area contributed by atoms with Crippen molar-refractivity contribution >= 4 is 39.1 Å². The van der Waals surface area contributed by atoms with Gasteiger partial charge in [0.2, 0.25) is 0 Å². The lowest BCUT2D eigenvalue weighted by molar-refractivity contribution is 0.0829. The first kappa shape index (κ1) is 21.8. The van der Waals surface area contributed by atoms with Gasteiger partial charge in [-0.3, -0.25) is 25.9 Å². The molecule has 3 N–H and O–H groups in total. The summed E-state index contributed by atoms with van der Waals surface area (Å²) in [5, 5.41) is 4.46. The van der Waals surface area contributed by atoms with E-state index >= 15 is 0 Å². The van der Waals surface area contributed by atoms with Gasteiger partial charge in [-0.1, -0.05) is 12.1 Å². The minimum Gasteiger partial charge on any atom is -0.455 e. The van der Waals surface area contributed by atoms with Gasteiger partial charge in [-0.25, -0.2) is 4.39 Å². The number of nitrogens with one attached hydrogen (secondary N) is 3. The van der Waals surface area contributed by atoms with Crippen LogP contribution < -0.4 is 16.3 Å². The first-order chi connectivity index (χ1) is 15.4. The highest BCUT2D eigenvalue weighted by atomic mass is 79.9. The van der Waals surface area contributed by atoms with Crippen LogP contribution in [0.2, 0.25) is 0 Å². The number of carbonyl (C=O) groups excluding carboxylic acids is 2. The molecule has 2 amide bonds. The summed E-state index contributed by atoms with van der Waals surface area (Å²) in [6.07, 6.45) is 2.22. The van der Waals surface area contributed by atoms with Crippen LogP contribution in [-0.4, -0.2) is 17.5 Å².